The van der Waals surface area contributed by atoms with E-state index in [0.717, 1.165) is 22.6 Å². The van der Waals surface area contributed by atoms with E-state index in [-0.39, 0.29) is 34.9 Å². The number of hydrogen-bond donors (Lipinski definition) is 2. The summed E-state index contributed by atoms with van der Waals surface area (Å²) in [6, 6.07) is 0. The number of rotatable bonds is 5. The van der Waals surface area contributed by atoms with Crippen molar-refractivity contribution in [2.24, 2.45) is 11.8 Å². The van der Waals surface area contributed by atoms with E-state index in [2.05, 4.69) is 15.0 Å². The number of carbonyl (C=O) groups is 1. The van der Waals surface area contributed by atoms with Gasteiger partial charge in [-0.05, 0) is 19.8 Å². The monoisotopic (exact) mass is 419 g/mol. The molecule has 0 aliphatic carbocycles. The van der Waals surface area contributed by atoms with Crippen LogP contribution in [0.25, 0.3) is 0 Å². The summed E-state index contributed by atoms with van der Waals surface area (Å²) in [5, 5.41) is 10.7. The summed E-state index contributed by atoms with van der Waals surface area (Å²) >= 11 is 6.26. The molecule has 3 N–H and O–H groups in total. The second-order valence-electron chi connectivity index (χ2n) is 7.70. The van der Waals surface area contributed by atoms with Crippen molar-refractivity contribution in [2.75, 3.05) is 24.3 Å². The summed E-state index contributed by atoms with van der Waals surface area (Å²) in [4.78, 5) is 27.7. The van der Waals surface area contributed by atoms with Crippen molar-refractivity contribution < 1.29 is 14.6 Å². The summed E-state index contributed by atoms with van der Waals surface area (Å²) in [6.45, 7) is 8.24. The molecule has 3 heterocycles. The van der Waals surface area contributed by atoms with Gasteiger partial charge in [0.15, 0.2) is 5.78 Å². The van der Waals surface area contributed by atoms with Gasteiger partial charge in [-0.2, -0.15) is 4.98 Å². The van der Waals surface area contributed by atoms with Gasteiger partial charge >= 0.3 is 0 Å². The molecule has 8 nitrogen and oxygen atoms in total. The summed E-state index contributed by atoms with van der Waals surface area (Å²) in [5.41, 5.74) is 8.60. The van der Waals surface area contributed by atoms with Crippen LogP contribution in [0.4, 0.5) is 11.8 Å². The number of nitrogens with two attached hydrogens (primary N) is 1. The number of pyridine rings is 1. The number of halogens is 1. The average molecular weight is 420 g/mol. The number of aromatic nitrogens is 3. The smallest absolute Gasteiger partial charge is 0.223 e. The number of hydrogen-bond acceptors (Lipinski definition) is 8. The fourth-order valence-corrected chi connectivity index (χ4v) is 4.01. The van der Waals surface area contributed by atoms with Crippen molar-refractivity contribution >= 4 is 29.2 Å². The van der Waals surface area contributed by atoms with Gasteiger partial charge in [-0.25, -0.2) is 4.98 Å². The number of aliphatic hydroxyl groups excluding tert-OH is 1. The zero-order chi connectivity index (χ0) is 21.5. The lowest BCUT2D eigenvalue weighted by Gasteiger charge is -2.37. The van der Waals surface area contributed by atoms with Crippen molar-refractivity contribution in [1.82, 2.24) is 15.0 Å². The number of aryl methyl sites for hydroxylation is 1. The van der Waals surface area contributed by atoms with Gasteiger partial charge in [0, 0.05) is 23.9 Å². The first-order chi connectivity index (χ1) is 13.6. The normalized spacial score (nSPS) is 17.4. The third-order valence-electron chi connectivity index (χ3n) is 5.35. The number of ketones is 1. The lowest BCUT2D eigenvalue weighted by Crippen LogP contribution is -2.46. The molecule has 2 atom stereocenters. The number of aliphatic hydroxyl groups is 1. The Morgan fingerprint density at radius 2 is 2.07 bits per heavy atom. The van der Waals surface area contributed by atoms with Gasteiger partial charge < -0.3 is 20.5 Å². The topological polar surface area (TPSA) is 114 Å². The second kappa shape index (κ2) is 8.12. The van der Waals surface area contributed by atoms with Crippen LogP contribution in [0.2, 0.25) is 5.15 Å². The van der Waals surface area contributed by atoms with E-state index in [4.69, 9.17) is 22.1 Å². The molecule has 0 aromatic carbocycles. The van der Waals surface area contributed by atoms with Crippen LogP contribution in [0.15, 0.2) is 6.20 Å². The first-order valence-corrected chi connectivity index (χ1v) is 9.82. The largest absolute Gasteiger partial charge is 0.496 e. The highest BCUT2D eigenvalue weighted by Crippen LogP contribution is 2.36. The lowest BCUT2D eigenvalue weighted by atomic mass is 9.84. The number of anilines is 2. The second-order valence-corrected chi connectivity index (χ2v) is 8.06. The minimum Gasteiger partial charge on any atom is -0.496 e. The molecule has 9 heteroatoms. The summed E-state index contributed by atoms with van der Waals surface area (Å²) in [6.07, 6.45) is 0.923. The molecule has 29 heavy (non-hydrogen) atoms. The molecule has 1 aliphatic rings. The summed E-state index contributed by atoms with van der Waals surface area (Å²) < 4.78 is 5.50. The van der Waals surface area contributed by atoms with Gasteiger partial charge in [0.2, 0.25) is 5.95 Å². The van der Waals surface area contributed by atoms with Gasteiger partial charge in [-0.3, -0.25) is 9.78 Å². The van der Waals surface area contributed by atoms with Crippen LogP contribution in [0.5, 0.6) is 5.75 Å². The first-order valence-electron chi connectivity index (χ1n) is 9.45. The minimum atomic E-state index is -0.826. The van der Waals surface area contributed by atoms with Crippen LogP contribution < -0.4 is 15.4 Å². The molecule has 0 saturated heterocycles. The van der Waals surface area contributed by atoms with E-state index in [0.29, 0.717) is 12.4 Å². The predicted molar refractivity (Wildman–Crippen MR) is 111 cm³/mol. The molecule has 1 aliphatic heterocycles. The van der Waals surface area contributed by atoms with Crippen LogP contribution >= 0.6 is 11.6 Å². The van der Waals surface area contributed by atoms with E-state index in [1.54, 1.807) is 13.3 Å². The first kappa shape index (κ1) is 21.3. The quantitative estimate of drug-likeness (QED) is 0.710. The van der Waals surface area contributed by atoms with Gasteiger partial charge in [-0.1, -0.05) is 25.4 Å². The SMILES string of the molecule is COc1c(C)cnc(CN2CC(C(O)C(C)C)C(=O)c3c(Cl)nc(N)nc32)c1C. The predicted octanol–water partition coefficient (Wildman–Crippen LogP) is 2.57. The molecule has 0 saturated carbocycles. The Kier molecular flexibility index (Phi) is 5.95. The summed E-state index contributed by atoms with van der Waals surface area (Å²) in [5.74, 6) is 0.0944. The zero-order valence-electron chi connectivity index (χ0n) is 17.2. The lowest BCUT2D eigenvalue weighted by molar-refractivity contribution is 0.0505. The van der Waals surface area contributed by atoms with Crippen molar-refractivity contribution in [3.8, 4) is 5.75 Å². The van der Waals surface area contributed by atoms with Crippen molar-refractivity contribution in [3.63, 3.8) is 0 Å². The third-order valence-corrected chi connectivity index (χ3v) is 5.62. The molecule has 0 radical (unpaired) electrons. The van der Waals surface area contributed by atoms with Gasteiger partial charge in [0.1, 0.15) is 16.7 Å². The molecule has 0 spiro atoms. The average Bonchev–Trinajstić information content (AvgIpc) is 2.65. The van der Waals surface area contributed by atoms with Crippen LogP contribution in [-0.2, 0) is 6.54 Å². The Labute approximate surface area is 175 Å². The maximum absolute atomic E-state index is 13.1. The van der Waals surface area contributed by atoms with Crippen LogP contribution in [0, 0.1) is 25.7 Å². The van der Waals surface area contributed by atoms with E-state index < -0.39 is 12.0 Å². The van der Waals surface area contributed by atoms with Crippen LogP contribution in [-0.4, -0.2) is 45.6 Å². The maximum Gasteiger partial charge on any atom is 0.223 e. The Morgan fingerprint density at radius 1 is 1.38 bits per heavy atom. The number of carbonyl (C=O) groups excluding carboxylic acids is 1. The molecule has 0 bridgehead atoms. The number of nitrogen functional groups attached to an aromatic ring is 1. The number of fused-ring (bicyclic) bond motifs is 1. The molecule has 2 aromatic heterocycles. The number of ether oxygens (including phenoxy) is 1. The Morgan fingerprint density at radius 3 is 2.69 bits per heavy atom. The van der Waals surface area contributed by atoms with Crippen LogP contribution in [0.3, 0.4) is 0 Å². The van der Waals surface area contributed by atoms with Gasteiger partial charge in [0.25, 0.3) is 0 Å². The van der Waals surface area contributed by atoms with Crippen LogP contribution in [0.1, 0.15) is 41.0 Å². The number of Topliss-reactive ketones (excluding diaryl/α,β-unsaturated/α-hetero) is 1. The minimum absolute atomic E-state index is 0.00526. The number of methoxy groups -OCH3 is 1. The van der Waals surface area contributed by atoms with Gasteiger partial charge in [-0.15, -0.1) is 0 Å². The molecule has 2 aromatic rings. The van der Waals surface area contributed by atoms with Crippen molar-refractivity contribution in [2.45, 2.75) is 40.3 Å². The fourth-order valence-electron chi connectivity index (χ4n) is 3.75. The Balaban J connectivity index is 2.09. The Bertz CT molecular complexity index is 950. The molecule has 3 rings (SSSR count). The molecular weight excluding hydrogens is 394 g/mol. The van der Waals surface area contributed by atoms with Gasteiger partial charge in [0.05, 0.1) is 36.9 Å². The number of nitrogens with zero attached hydrogens (tertiary/aromatic N) is 4. The molecular formula is C20H26ClN5O3. The fraction of sp³-hybridized carbons (Fsp3) is 0.500. The van der Waals surface area contributed by atoms with E-state index in [1.165, 1.54) is 0 Å². The standard InChI is InChI=1S/C20H26ClN5O3/c1-9(2)15(27)12-7-26(8-13-11(4)17(29-5)10(3)6-23-13)19-14(16(12)28)18(21)24-20(22)25-19/h6,9,12,15,27H,7-8H2,1-5H3,(H2,22,24,25). The highest BCUT2D eigenvalue weighted by atomic mass is 35.5. The zero-order valence-corrected chi connectivity index (χ0v) is 18.0. The maximum atomic E-state index is 13.1. The molecule has 2 unspecified atom stereocenters. The molecule has 0 fully saturated rings. The highest BCUT2D eigenvalue weighted by molar-refractivity contribution is 6.34. The van der Waals surface area contributed by atoms with E-state index >= 15 is 0 Å². The molecule has 156 valence electrons. The Hall–Kier alpha value is -2.45. The van der Waals surface area contributed by atoms with Crippen molar-refractivity contribution in [1.29, 1.82) is 0 Å². The third kappa shape index (κ3) is 3.86. The van der Waals surface area contributed by atoms with Crippen molar-refractivity contribution in [3.05, 3.63) is 33.7 Å². The van der Waals surface area contributed by atoms with E-state index in [1.807, 2.05) is 32.6 Å². The van der Waals surface area contributed by atoms with E-state index in [9.17, 15) is 9.90 Å². The summed E-state index contributed by atoms with van der Waals surface area (Å²) in [7, 11) is 1.62. The molecule has 0 amide bonds. The highest BCUT2D eigenvalue weighted by Gasteiger charge is 2.40.